The monoisotopic (exact) mass is 397 g/mol. The third kappa shape index (κ3) is 3.51. The van der Waals surface area contributed by atoms with E-state index in [1.54, 1.807) is 7.05 Å². The Bertz CT molecular complexity index is 804. The van der Waals surface area contributed by atoms with Crippen LogP contribution in [0.5, 0.6) is 0 Å². The van der Waals surface area contributed by atoms with Crippen LogP contribution in [0, 0.1) is 0 Å². The van der Waals surface area contributed by atoms with Crippen LogP contribution in [0.25, 0.3) is 0 Å². The molecule has 1 amide bonds. The fourth-order valence-corrected chi connectivity index (χ4v) is 5.83. The minimum atomic E-state index is -3.65. The van der Waals surface area contributed by atoms with Gasteiger partial charge in [0.05, 0.1) is 19.4 Å². The number of fused-ring (bicyclic) bond motifs is 1. The Kier molecular flexibility index (Phi) is 5.00. The third-order valence-corrected chi connectivity index (χ3v) is 7.38. The summed E-state index contributed by atoms with van der Waals surface area (Å²) in [7, 11) is -1.96. The summed E-state index contributed by atoms with van der Waals surface area (Å²) in [6.07, 6.45) is 6.17. The van der Waals surface area contributed by atoms with E-state index in [2.05, 4.69) is 14.7 Å². The first kappa shape index (κ1) is 18.9. The van der Waals surface area contributed by atoms with Crippen molar-refractivity contribution in [2.24, 2.45) is 7.05 Å². The summed E-state index contributed by atoms with van der Waals surface area (Å²) in [5.74, 6) is 0.133. The van der Waals surface area contributed by atoms with Crippen LogP contribution in [0.1, 0.15) is 25.7 Å². The number of amides is 1. The molecule has 27 heavy (non-hydrogen) atoms. The molecule has 4 rings (SSSR count). The van der Waals surface area contributed by atoms with E-state index in [9.17, 15) is 13.2 Å². The van der Waals surface area contributed by atoms with Crippen LogP contribution in [0.4, 0.5) is 0 Å². The second-order valence-corrected chi connectivity index (χ2v) is 9.43. The molecule has 4 heterocycles. The Morgan fingerprint density at radius 3 is 2.78 bits per heavy atom. The fourth-order valence-electron chi connectivity index (χ4n) is 4.62. The van der Waals surface area contributed by atoms with Crippen molar-refractivity contribution in [3.8, 4) is 0 Å². The normalized spacial score (nSPS) is 29.7. The van der Waals surface area contributed by atoms with Gasteiger partial charge in [-0.05, 0) is 32.2 Å². The summed E-state index contributed by atoms with van der Waals surface area (Å²) in [6, 6.07) is -0.279. The van der Waals surface area contributed by atoms with Crippen molar-refractivity contribution >= 4 is 15.9 Å². The van der Waals surface area contributed by atoms with E-state index < -0.39 is 15.6 Å². The second-order valence-electron chi connectivity index (χ2n) is 7.71. The molecular weight excluding hydrogens is 370 g/mol. The number of hydrogen-bond donors (Lipinski definition) is 1. The standard InChI is InChI=1S/C17H27N5O4S/c1-20-13-15(11-18-20)27(24,25)19-14-10-17(4-2-3-5-22(17)12-14)16(23)21-6-8-26-9-7-21/h11,13-14,19H,2-10,12H2,1H3/t14-,17+/m0/s1. The highest BCUT2D eigenvalue weighted by Gasteiger charge is 2.54. The highest BCUT2D eigenvalue weighted by molar-refractivity contribution is 7.89. The van der Waals surface area contributed by atoms with Gasteiger partial charge in [-0.15, -0.1) is 0 Å². The summed E-state index contributed by atoms with van der Waals surface area (Å²) in [4.78, 5) is 17.6. The maximum absolute atomic E-state index is 13.4. The number of aryl methyl sites for hydroxylation is 1. The van der Waals surface area contributed by atoms with Crippen molar-refractivity contribution in [2.75, 3.05) is 39.4 Å². The first-order valence-electron chi connectivity index (χ1n) is 9.54. The second kappa shape index (κ2) is 7.16. The van der Waals surface area contributed by atoms with Crippen LogP contribution < -0.4 is 4.72 Å². The van der Waals surface area contributed by atoms with Crippen molar-refractivity contribution in [3.63, 3.8) is 0 Å². The fraction of sp³-hybridized carbons (Fsp3) is 0.765. The number of ether oxygens (including phenoxy) is 1. The van der Waals surface area contributed by atoms with Gasteiger partial charge in [-0.2, -0.15) is 5.10 Å². The van der Waals surface area contributed by atoms with Crippen LogP contribution in [-0.4, -0.2) is 84.9 Å². The molecule has 150 valence electrons. The molecule has 9 nitrogen and oxygen atoms in total. The van der Waals surface area contributed by atoms with E-state index in [-0.39, 0.29) is 16.8 Å². The van der Waals surface area contributed by atoms with Gasteiger partial charge in [-0.25, -0.2) is 13.1 Å². The molecule has 0 unspecified atom stereocenters. The lowest BCUT2D eigenvalue weighted by molar-refractivity contribution is -0.149. The SMILES string of the molecule is Cn1cc(S(=O)(=O)N[C@@H]2CN3CCCC[C@]3(C(=O)N3CCOCC3)C2)cn1. The van der Waals surface area contributed by atoms with Gasteiger partial charge in [0, 0.05) is 38.9 Å². The van der Waals surface area contributed by atoms with Gasteiger partial charge >= 0.3 is 0 Å². The van der Waals surface area contributed by atoms with Crippen molar-refractivity contribution < 1.29 is 17.9 Å². The van der Waals surface area contributed by atoms with E-state index >= 15 is 0 Å². The summed E-state index contributed by atoms with van der Waals surface area (Å²) >= 11 is 0. The Hall–Kier alpha value is -1.49. The molecule has 0 aromatic carbocycles. The Morgan fingerprint density at radius 2 is 2.07 bits per heavy atom. The first-order valence-corrected chi connectivity index (χ1v) is 11.0. The molecule has 3 fully saturated rings. The number of sulfonamides is 1. The minimum absolute atomic E-state index is 0.133. The number of carbonyl (C=O) groups excluding carboxylic acids is 1. The highest BCUT2D eigenvalue weighted by Crippen LogP contribution is 2.39. The lowest BCUT2D eigenvalue weighted by Gasteiger charge is -2.44. The largest absolute Gasteiger partial charge is 0.378 e. The van der Waals surface area contributed by atoms with E-state index in [1.165, 1.54) is 17.1 Å². The molecule has 0 spiro atoms. The van der Waals surface area contributed by atoms with Gasteiger partial charge in [0.1, 0.15) is 10.4 Å². The van der Waals surface area contributed by atoms with Crippen LogP contribution in [0.2, 0.25) is 0 Å². The third-order valence-electron chi connectivity index (χ3n) is 5.91. The Morgan fingerprint density at radius 1 is 1.30 bits per heavy atom. The lowest BCUT2D eigenvalue weighted by Crippen LogP contribution is -2.60. The van der Waals surface area contributed by atoms with Gasteiger partial charge in [0.15, 0.2) is 0 Å². The van der Waals surface area contributed by atoms with Gasteiger partial charge in [0.25, 0.3) is 0 Å². The maximum atomic E-state index is 13.4. The van der Waals surface area contributed by atoms with Crippen molar-refractivity contribution in [2.45, 2.75) is 42.2 Å². The number of hydrogen-bond acceptors (Lipinski definition) is 6. The van der Waals surface area contributed by atoms with Crippen molar-refractivity contribution in [3.05, 3.63) is 12.4 Å². The summed E-state index contributed by atoms with van der Waals surface area (Å²) in [5.41, 5.74) is -0.586. The molecule has 1 N–H and O–H groups in total. The predicted octanol–water partition coefficient (Wildman–Crippen LogP) is -0.446. The number of nitrogens with zero attached hydrogens (tertiary/aromatic N) is 4. The molecule has 3 saturated heterocycles. The Labute approximate surface area is 159 Å². The van der Waals surface area contributed by atoms with Crippen LogP contribution in [-0.2, 0) is 26.6 Å². The molecule has 1 aromatic heterocycles. The number of carbonyl (C=O) groups is 1. The zero-order valence-corrected chi connectivity index (χ0v) is 16.4. The molecular formula is C17H27N5O4S. The molecule has 3 aliphatic heterocycles. The van der Waals surface area contributed by atoms with Crippen LogP contribution in [0.3, 0.4) is 0 Å². The van der Waals surface area contributed by atoms with Crippen molar-refractivity contribution in [1.29, 1.82) is 0 Å². The van der Waals surface area contributed by atoms with Crippen molar-refractivity contribution in [1.82, 2.24) is 24.3 Å². The summed E-state index contributed by atoms with van der Waals surface area (Å²) in [5, 5.41) is 3.95. The van der Waals surface area contributed by atoms with Gasteiger partial charge < -0.3 is 9.64 Å². The van der Waals surface area contributed by atoms with E-state index in [1.807, 2.05) is 4.90 Å². The van der Waals surface area contributed by atoms with E-state index in [4.69, 9.17) is 4.74 Å². The molecule has 0 aliphatic carbocycles. The number of piperidine rings is 1. The molecule has 0 radical (unpaired) electrons. The molecule has 0 saturated carbocycles. The predicted molar refractivity (Wildman–Crippen MR) is 97.5 cm³/mol. The molecule has 1 aromatic rings. The van der Waals surface area contributed by atoms with E-state index in [0.29, 0.717) is 39.3 Å². The van der Waals surface area contributed by atoms with Gasteiger partial charge in [-0.1, -0.05) is 0 Å². The average molecular weight is 398 g/mol. The number of rotatable bonds is 4. The maximum Gasteiger partial charge on any atom is 0.243 e. The topological polar surface area (TPSA) is 96.8 Å². The zero-order chi connectivity index (χ0) is 19.1. The zero-order valence-electron chi connectivity index (χ0n) is 15.6. The van der Waals surface area contributed by atoms with Crippen LogP contribution in [0.15, 0.2) is 17.3 Å². The number of nitrogens with one attached hydrogen (secondary N) is 1. The minimum Gasteiger partial charge on any atom is -0.378 e. The molecule has 2 atom stereocenters. The highest BCUT2D eigenvalue weighted by atomic mass is 32.2. The van der Waals surface area contributed by atoms with Crippen LogP contribution >= 0.6 is 0 Å². The Balaban J connectivity index is 1.53. The summed E-state index contributed by atoms with van der Waals surface area (Å²) in [6.45, 7) is 3.76. The number of morpholine rings is 1. The first-order chi connectivity index (χ1) is 12.9. The summed E-state index contributed by atoms with van der Waals surface area (Å²) < 4.78 is 35.0. The smallest absolute Gasteiger partial charge is 0.243 e. The van der Waals surface area contributed by atoms with E-state index in [0.717, 1.165) is 25.8 Å². The quantitative estimate of drug-likeness (QED) is 0.740. The average Bonchev–Trinajstić information content (AvgIpc) is 3.25. The molecule has 3 aliphatic rings. The van der Waals surface area contributed by atoms with Gasteiger partial charge in [0.2, 0.25) is 15.9 Å². The number of aromatic nitrogens is 2. The molecule has 10 heteroatoms. The lowest BCUT2D eigenvalue weighted by atomic mass is 9.84. The van der Waals surface area contributed by atoms with Gasteiger partial charge in [-0.3, -0.25) is 14.4 Å². The molecule has 0 bridgehead atoms.